The summed E-state index contributed by atoms with van der Waals surface area (Å²) in [5.41, 5.74) is 1.72. The van der Waals surface area contributed by atoms with Gasteiger partial charge in [0, 0.05) is 49.9 Å². The largest absolute Gasteiger partial charge is 0.344 e. The molecule has 2 aromatic rings. The van der Waals surface area contributed by atoms with Crippen LogP contribution in [0.3, 0.4) is 0 Å². The molecule has 1 aromatic carbocycles. The minimum Gasteiger partial charge on any atom is -0.333 e. The number of amides is 3. The smallest absolute Gasteiger partial charge is 0.333 e. The van der Waals surface area contributed by atoms with Crippen molar-refractivity contribution < 1.29 is 14.4 Å². The van der Waals surface area contributed by atoms with E-state index in [-0.39, 0.29) is 23.4 Å². The number of nitrogens with one attached hydrogen (secondary N) is 1. The van der Waals surface area contributed by atoms with Gasteiger partial charge < -0.3 is 15.1 Å². The molecular formula is C23H26N6O3. The maximum atomic E-state index is 13.3. The Labute approximate surface area is 186 Å². The molecule has 0 unspecified atom stereocenters. The molecule has 2 aliphatic rings. The number of rotatable bonds is 2. The lowest BCUT2D eigenvalue weighted by Crippen LogP contribution is -2.55. The topological polar surface area (TPSA) is 111 Å². The van der Waals surface area contributed by atoms with Crippen LogP contribution in [0.1, 0.15) is 54.1 Å². The van der Waals surface area contributed by atoms with Crippen LogP contribution in [-0.4, -0.2) is 62.6 Å². The molecule has 0 saturated carbocycles. The molecule has 0 atom stereocenters. The quantitative estimate of drug-likeness (QED) is 0.781. The third kappa shape index (κ3) is 3.96. The maximum Gasteiger partial charge on any atom is 0.344 e. The number of anilines is 1. The highest BCUT2D eigenvalue weighted by molar-refractivity contribution is 5.95. The Balaban J connectivity index is 1.44. The summed E-state index contributed by atoms with van der Waals surface area (Å²) in [6.07, 6.45) is 4.81. The van der Waals surface area contributed by atoms with Crippen LogP contribution in [0.25, 0.3) is 0 Å². The standard InChI is InChI=1S/C23H26N6O3/c1-16-14-18(4-5-19(16)15-24)21(31)28-10-3-7-23(28)8-12-27(13-9-23)22(32)29-11-6-20(26-29)25-17(2)30/h4-6,11,14H,3,7-10,12-13H2,1-2H3,(H,25,26,30). The van der Waals surface area contributed by atoms with Gasteiger partial charge in [-0.3, -0.25) is 9.59 Å². The summed E-state index contributed by atoms with van der Waals surface area (Å²) < 4.78 is 1.24. The molecule has 1 N–H and O–H groups in total. The van der Waals surface area contributed by atoms with E-state index in [4.69, 9.17) is 5.26 Å². The number of benzene rings is 1. The first-order valence-electron chi connectivity index (χ1n) is 10.8. The van der Waals surface area contributed by atoms with E-state index in [9.17, 15) is 14.4 Å². The monoisotopic (exact) mass is 434 g/mol. The fourth-order valence-electron chi connectivity index (χ4n) is 4.79. The summed E-state index contributed by atoms with van der Waals surface area (Å²) >= 11 is 0. The molecule has 4 rings (SSSR count). The van der Waals surface area contributed by atoms with Crippen molar-refractivity contribution in [1.29, 1.82) is 5.26 Å². The van der Waals surface area contributed by atoms with E-state index in [2.05, 4.69) is 16.5 Å². The van der Waals surface area contributed by atoms with E-state index in [1.165, 1.54) is 17.8 Å². The Hall–Kier alpha value is -3.67. The van der Waals surface area contributed by atoms with E-state index < -0.39 is 0 Å². The number of hydrogen-bond donors (Lipinski definition) is 1. The Kier molecular flexibility index (Phi) is 5.70. The van der Waals surface area contributed by atoms with Gasteiger partial charge >= 0.3 is 6.03 Å². The molecule has 0 radical (unpaired) electrons. The zero-order valence-corrected chi connectivity index (χ0v) is 18.3. The molecule has 1 spiro atoms. The number of nitriles is 1. The molecular weight excluding hydrogens is 408 g/mol. The Morgan fingerprint density at radius 3 is 2.53 bits per heavy atom. The second-order valence-electron chi connectivity index (χ2n) is 8.52. The average Bonchev–Trinajstić information content (AvgIpc) is 3.40. The van der Waals surface area contributed by atoms with Crippen molar-refractivity contribution in [3.63, 3.8) is 0 Å². The van der Waals surface area contributed by atoms with Crippen molar-refractivity contribution >= 4 is 23.7 Å². The normalized spacial score (nSPS) is 17.3. The van der Waals surface area contributed by atoms with Crippen molar-refractivity contribution in [2.24, 2.45) is 0 Å². The molecule has 1 aromatic heterocycles. The van der Waals surface area contributed by atoms with Crippen molar-refractivity contribution in [3.8, 4) is 6.07 Å². The first-order chi connectivity index (χ1) is 15.3. The van der Waals surface area contributed by atoms with Crippen LogP contribution in [0, 0.1) is 18.3 Å². The first kappa shape index (κ1) is 21.6. The second-order valence-corrected chi connectivity index (χ2v) is 8.52. The van der Waals surface area contributed by atoms with Gasteiger partial charge in [-0.1, -0.05) is 0 Å². The van der Waals surface area contributed by atoms with Crippen LogP contribution in [0.5, 0.6) is 0 Å². The predicted molar refractivity (Wildman–Crippen MR) is 117 cm³/mol. The molecule has 9 nitrogen and oxygen atoms in total. The third-order valence-electron chi connectivity index (χ3n) is 6.49. The number of likely N-dealkylation sites (tertiary alicyclic amines) is 2. The lowest BCUT2D eigenvalue weighted by Gasteiger charge is -2.44. The number of carbonyl (C=O) groups excluding carboxylic acids is 3. The van der Waals surface area contributed by atoms with Crippen molar-refractivity contribution in [2.75, 3.05) is 25.0 Å². The van der Waals surface area contributed by atoms with Gasteiger partial charge in [0.25, 0.3) is 5.91 Å². The fourth-order valence-corrected chi connectivity index (χ4v) is 4.79. The Bertz CT molecular complexity index is 1110. The first-order valence-corrected chi connectivity index (χ1v) is 10.8. The lowest BCUT2D eigenvalue weighted by molar-refractivity contribution is -0.114. The minimum absolute atomic E-state index is 0.0121. The summed E-state index contributed by atoms with van der Waals surface area (Å²) in [7, 11) is 0. The van der Waals surface area contributed by atoms with Gasteiger partial charge in [0.15, 0.2) is 5.82 Å². The predicted octanol–water partition coefficient (Wildman–Crippen LogP) is 2.76. The molecule has 3 amide bonds. The molecule has 2 saturated heterocycles. The van der Waals surface area contributed by atoms with Gasteiger partial charge in [0.1, 0.15) is 0 Å². The van der Waals surface area contributed by atoms with E-state index in [1.807, 2.05) is 11.8 Å². The highest BCUT2D eigenvalue weighted by Crippen LogP contribution is 2.39. The van der Waals surface area contributed by atoms with Crippen LogP contribution in [0.2, 0.25) is 0 Å². The fraction of sp³-hybridized carbons (Fsp3) is 0.435. The number of aryl methyl sites for hydroxylation is 1. The highest BCUT2D eigenvalue weighted by atomic mass is 16.2. The van der Waals surface area contributed by atoms with Gasteiger partial charge in [-0.15, -0.1) is 5.10 Å². The number of carbonyl (C=O) groups is 3. The molecule has 2 fully saturated rings. The number of piperidine rings is 1. The third-order valence-corrected chi connectivity index (χ3v) is 6.49. The average molecular weight is 435 g/mol. The molecule has 32 heavy (non-hydrogen) atoms. The minimum atomic E-state index is -0.249. The second kappa shape index (κ2) is 8.46. The van der Waals surface area contributed by atoms with Crippen LogP contribution in [0.4, 0.5) is 10.6 Å². The SMILES string of the molecule is CC(=O)Nc1ccn(C(=O)N2CCC3(CCCN3C(=O)c3ccc(C#N)c(C)c3)CC2)n1. The Morgan fingerprint density at radius 2 is 1.88 bits per heavy atom. The number of nitrogens with zero attached hydrogens (tertiary/aromatic N) is 5. The van der Waals surface area contributed by atoms with Gasteiger partial charge in [-0.25, -0.2) is 4.79 Å². The van der Waals surface area contributed by atoms with Gasteiger partial charge in [-0.2, -0.15) is 9.94 Å². The summed E-state index contributed by atoms with van der Waals surface area (Å²) in [6.45, 7) is 4.99. The van der Waals surface area contributed by atoms with E-state index in [0.29, 0.717) is 49.4 Å². The van der Waals surface area contributed by atoms with Gasteiger partial charge in [0.05, 0.1) is 11.6 Å². The Morgan fingerprint density at radius 1 is 1.12 bits per heavy atom. The zero-order valence-electron chi connectivity index (χ0n) is 18.3. The van der Waals surface area contributed by atoms with Crippen LogP contribution < -0.4 is 5.32 Å². The van der Waals surface area contributed by atoms with Crippen LogP contribution in [0.15, 0.2) is 30.5 Å². The molecule has 0 bridgehead atoms. The zero-order chi connectivity index (χ0) is 22.9. The highest BCUT2D eigenvalue weighted by Gasteiger charge is 2.46. The van der Waals surface area contributed by atoms with Crippen molar-refractivity contribution in [1.82, 2.24) is 19.6 Å². The summed E-state index contributed by atoms with van der Waals surface area (Å²) in [5, 5.41) is 15.8. The summed E-state index contributed by atoms with van der Waals surface area (Å²) in [5.74, 6) is 0.0811. The molecule has 3 heterocycles. The van der Waals surface area contributed by atoms with E-state index in [0.717, 1.165) is 18.4 Å². The van der Waals surface area contributed by atoms with Crippen LogP contribution >= 0.6 is 0 Å². The number of aromatic nitrogens is 2. The molecule has 2 aliphatic heterocycles. The van der Waals surface area contributed by atoms with E-state index in [1.54, 1.807) is 29.2 Å². The molecule has 0 aliphatic carbocycles. The summed E-state index contributed by atoms with van der Waals surface area (Å²) in [6, 6.07) is 8.69. The number of hydrogen-bond acceptors (Lipinski definition) is 5. The van der Waals surface area contributed by atoms with Gasteiger partial charge in [-0.05, 0) is 56.4 Å². The van der Waals surface area contributed by atoms with E-state index >= 15 is 0 Å². The van der Waals surface area contributed by atoms with Crippen molar-refractivity contribution in [2.45, 2.75) is 45.1 Å². The van der Waals surface area contributed by atoms with Gasteiger partial charge in [0.2, 0.25) is 5.91 Å². The molecule has 9 heteroatoms. The van der Waals surface area contributed by atoms with Crippen LogP contribution in [-0.2, 0) is 4.79 Å². The maximum absolute atomic E-state index is 13.3. The van der Waals surface area contributed by atoms with Crippen molar-refractivity contribution in [3.05, 3.63) is 47.2 Å². The lowest BCUT2D eigenvalue weighted by atomic mass is 9.84. The molecule has 166 valence electrons. The summed E-state index contributed by atoms with van der Waals surface area (Å²) in [4.78, 5) is 41.0.